The van der Waals surface area contributed by atoms with Crippen LogP contribution in [0.2, 0.25) is 0 Å². The molecule has 0 spiro atoms. The average Bonchev–Trinajstić information content (AvgIpc) is 2.95. The molecule has 0 radical (unpaired) electrons. The number of carbonyl (C=O) groups excluding carboxylic acids is 2. The van der Waals surface area contributed by atoms with Crippen molar-refractivity contribution in [2.75, 3.05) is 6.61 Å². The lowest BCUT2D eigenvalue weighted by Crippen LogP contribution is -2.53. The zero-order chi connectivity index (χ0) is 20.3. The van der Waals surface area contributed by atoms with E-state index in [0.29, 0.717) is 30.1 Å². The third-order valence-electron chi connectivity index (χ3n) is 9.13. The number of allylic oxidation sites excluding steroid dienone is 3. The Morgan fingerprint density at radius 2 is 1.82 bits per heavy atom. The van der Waals surface area contributed by atoms with Gasteiger partial charge < -0.3 is 4.74 Å². The normalized spacial score (nSPS) is 43.0. The van der Waals surface area contributed by atoms with E-state index in [9.17, 15) is 9.59 Å². The van der Waals surface area contributed by atoms with E-state index >= 15 is 0 Å². The Balaban J connectivity index is 1.66. The maximum absolute atomic E-state index is 12.6. The molecule has 28 heavy (non-hydrogen) atoms. The molecule has 154 valence electrons. The van der Waals surface area contributed by atoms with Crippen LogP contribution in [0.1, 0.15) is 79.6 Å². The van der Waals surface area contributed by atoms with Gasteiger partial charge in [-0.1, -0.05) is 31.1 Å². The number of fused-ring (bicyclic) bond motifs is 5. The first-order valence-electron chi connectivity index (χ1n) is 11.3. The SMILES string of the molecule is CCOC(=O)/C=C1\CCC2C3CC=C4C(C)(C)C(=O)CC[C@]4(C)C3CC[C@]12C. The highest BCUT2D eigenvalue weighted by molar-refractivity contribution is 5.89. The average molecular weight is 385 g/mol. The molecule has 3 saturated carbocycles. The predicted molar refractivity (Wildman–Crippen MR) is 111 cm³/mol. The van der Waals surface area contributed by atoms with Crippen molar-refractivity contribution < 1.29 is 14.3 Å². The van der Waals surface area contributed by atoms with E-state index in [0.717, 1.165) is 32.1 Å². The van der Waals surface area contributed by atoms with Gasteiger partial charge in [0.25, 0.3) is 0 Å². The molecule has 0 aromatic carbocycles. The molecular formula is C25H36O3. The summed E-state index contributed by atoms with van der Waals surface area (Å²) < 4.78 is 5.20. The van der Waals surface area contributed by atoms with Gasteiger partial charge in [-0.25, -0.2) is 4.79 Å². The van der Waals surface area contributed by atoms with Gasteiger partial charge >= 0.3 is 5.97 Å². The minimum atomic E-state index is -0.302. The Morgan fingerprint density at radius 1 is 1.11 bits per heavy atom. The summed E-state index contributed by atoms with van der Waals surface area (Å²) in [7, 11) is 0. The molecule has 0 heterocycles. The van der Waals surface area contributed by atoms with Crippen LogP contribution in [0, 0.1) is 34.0 Å². The topological polar surface area (TPSA) is 43.4 Å². The van der Waals surface area contributed by atoms with E-state index in [1.165, 1.54) is 24.0 Å². The maximum Gasteiger partial charge on any atom is 0.330 e. The van der Waals surface area contributed by atoms with Crippen molar-refractivity contribution in [3.8, 4) is 0 Å². The van der Waals surface area contributed by atoms with Crippen molar-refractivity contribution in [1.82, 2.24) is 0 Å². The van der Waals surface area contributed by atoms with Crippen LogP contribution in [-0.2, 0) is 14.3 Å². The standard InChI is InChI=1S/C25H36O3/c1-6-28-22(27)15-16-7-9-18-17-8-10-20-23(2,3)21(26)12-14-25(20,5)19(17)11-13-24(16,18)4/h10,15,17-19H,6-9,11-14H2,1-5H3/b16-15+/t17?,18?,19?,24-,25-/m1/s1. The fourth-order valence-electron chi connectivity index (χ4n) is 7.63. The number of ketones is 1. The van der Waals surface area contributed by atoms with Gasteiger partial charge in [-0.15, -0.1) is 0 Å². The fraction of sp³-hybridized carbons (Fsp3) is 0.760. The number of rotatable bonds is 2. The molecule has 3 unspecified atom stereocenters. The summed E-state index contributed by atoms with van der Waals surface area (Å²) in [5.74, 6) is 2.22. The monoisotopic (exact) mass is 384 g/mol. The first-order chi connectivity index (χ1) is 13.1. The number of carbonyl (C=O) groups is 2. The molecule has 5 atom stereocenters. The Kier molecular flexibility index (Phi) is 4.67. The maximum atomic E-state index is 12.6. The van der Waals surface area contributed by atoms with Crippen LogP contribution in [0.4, 0.5) is 0 Å². The van der Waals surface area contributed by atoms with Crippen LogP contribution in [0.15, 0.2) is 23.3 Å². The molecule has 3 heteroatoms. The van der Waals surface area contributed by atoms with Crippen molar-refractivity contribution in [1.29, 1.82) is 0 Å². The van der Waals surface area contributed by atoms with Gasteiger partial charge in [-0.3, -0.25) is 4.79 Å². The molecule has 4 aliphatic rings. The van der Waals surface area contributed by atoms with Crippen molar-refractivity contribution in [3.05, 3.63) is 23.3 Å². The van der Waals surface area contributed by atoms with Crippen LogP contribution in [0.3, 0.4) is 0 Å². The molecule has 0 aromatic rings. The van der Waals surface area contributed by atoms with Gasteiger partial charge in [0.1, 0.15) is 5.78 Å². The predicted octanol–water partition coefficient (Wildman–Crippen LogP) is 5.64. The molecule has 4 aliphatic carbocycles. The van der Waals surface area contributed by atoms with Crippen molar-refractivity contribution >= 4 is 11.8 Å². The van der Waals surface area contributed by atoms with E-state index in [1.807, 2.05) is 6.92 Å². The number of hydrogen-bond acceptors (Lipinski definition) is 3. The summed E-state index contributed by atoms with van der Waals surface area (Å²) in [5, 5.41) is 0. The summed E-state index contributed by atoms with van der Waals surface area (Å²) in [5.41, 5.74) is 2.73. The Bertz CT molecular complexity index is 758. The molecule has 0 N–H and O–H groups in total. The molecule has 3 nitrogen and oxygen atoms in total. The highest BCUT2D eigenvalue weighted by Crippen LogP contribution is 2.67. The molecular weight excluding hydrogens is 348 g/mol. The number of esters is 1. The zero-order valence-electron chi connectivity index (χ0n) is 18.3. The van der Waals surface area contributed by atoms with E-state index in [2.05, 4.69) is 33.8 Å². The van der Waals surface area contributed by atoms with Gasteiger partial charge in [0.15, 0.2) is 0 Å². The number of Topliss-reactive ketones (excluding diaryl/α,β-unsaturated/α-hetero) is 1. The highest BCUT2D eigenvalue weighted by Gasteiger charge is 2.59. The Morgan fingerprint density at radius 3 is 2.54 bits per heavy atom. The van der Waals surface area contributed by atoms with E-state index in [1.54, 1.807) is 6.08 Å². The van der Waals surface area contributed by atoms with Gasteiger partial charge in [-0.05, 0) is 87.9 Å². The van der Waals surface area contributed by atoms with Crippen LogP contribution >= 0.6 is 0 Å². The number of ether oxygens (including phenoxy) is 1. The zero-order valence-corrected chi connectivity index (χ0v) is 18.3. The van der Waals surface area contributed by atoms with Crippen molar-refractivity contribution in [2.45, 2.75) is 79.6 Å². The van der Waals surface area contributed by atoms with Crippen molar-refractivity contribution in [2.24, 2.45) is 34.0 Å². The first kappa shape index (κ1) is 19.9. The van der Waals surface area contributed by atoms with E-state index in [-0.39, 0.29) is 22.2 Å². The van der Waals surface area contributed by atoms with Gasteiger partial charge in [0.05, 0.1) is 6.61 Å². The summed E-state index contributed by atoms with van der Waals surface area (Å²) in [6, 6.07) is 0. The molecule has 0 bridgehead atoms. The molecule has 0 amide bonds. The second-order valence-corrected chi connectivity index (χ2v) is 10.6. The molecule has 0 aliphatic heterocycles. The first-order valence-corrected chi connectivity index (χ1v) is 11.3. The Hall–Kier alpha value is -1.38. The third kappa shape index (κ3) is 2.68. The van der Waals surface area contributed by atoms with Crippen LogP contribution in [0.5, 0.6) is 0 Å². The Labute approximate surface area is 170 Å². The fourth-order valence-corrected chi connectivity index (χ4v) is 7.63. The smallest absolute Gasteiger partial charge is 0.330 e. The van der Waals surface area contributed by atoms with E-state index < -0.39 is 0 Å². The van der Waals surface area contributed by atoms with Gasteiger partial charge in [-0.2, -0.15) is 0 Å². The van der Waals surface area contributed by atoms with E-state index in [4.69, 9.17) is 4.74 Å². The largest absolute Gasteiger partial charge is 0.463 e. The summed E-state index contributed by atoms with van der Waals surface area (Å²) in [4.78, 5) is 24.7. The molecule has 0 aromatic heterocycles. The summed E-state index contributed by atoms with van der Waals surface area (Å²) >= 11 is 0. The van der Waals surface area contributed by atoms with Gasteiger partial charge in [0, 0.05) is 17.9 Å². The lowest BCUT2D eigenvalue weighted by Gasteiger charge is -2.59. The van der Waals surface area contributed by atoms with Crippen molar-refractivity contribution in [3.63, 3.8) is 0 Å². The molecule has 3 fully saturated rings. The number of hydrogen-bond donors (Lipinski definition) is 0. The lowest BCUT2D eigenvalue weighted by molar-refractivity contribution is -0.137. The second-order valence-electron chi connectivity index (χ2n) is 10.6. The molecule has 4 rings (SSSR count). The second kappa shape index (κ2) is 6.57. The third-order valence-corrected chi connectivity index (χ3v) is 9.13. The minimum absolute atomic E-state index is 0.135. The quantitative estimate of drug-likeness (QED) is 0.351. The van der Waals surface area contributed by atoms with Crippen LogP contribution < -0.4 is 0 Å². The van der Waals surface area contributed by atoms with Crippen LogP contribution in [0.25, 0.3) is 0 Å². The highest BCUT2D eigenvalue weighted by atomic mass is 16.5. The molecule has 0 saturated heterocycles. The summed E-state index contributed by atoms with van der Waals surface area (Å²) in [6.07, 6.45) is 11.6. The minimum Gasteiger partial charge on any atom is -0.463 e. The van der Waals surface area contributed by atoms with Crippen LogP contribution in [-0.4, -0.2) is 18.4 Å². The summed E-state index contributed by atoms with van der Waals surface area (Å²) in [6.45, 7) is 11.4. The van der Waals surface area contributed by atoms with Gasteiger partial charge in [0.2, 0.25) is 0 Å². The lowest BCUT2D eigenvalue weighted by atomic mass is 9.45.